The Labute approximate surface area is 190 Å². The molecule has 3 aromatic rings. The van der Waals surface area contributed by atoms with E-state index in [1.165, 1.54) is 5.39 Å². The Hall–Kier alpha value is -2.80. The van der Waals surface area contributed by atoms with Gasteiger partial charge in [-0.25, -0.2) is 4.79 Å². The van der Waals surface area contributed by atoms with Gasteiger partial charge in [0.1, 0.15) is 5.54 Å². The fourth-order valence-electron chi connectivity index (χ4n) is 4.29. The number of benzene rings is 2. The first kappa shape index (κ1) is 21.4. The van der Waals surface area contributed by atoms with Crippen molar-refractivity contribution in [3.05, 3.63) is 64.8 Å². The maximum atomic E-state index is 13.2. The molecule has 0 unspecified atom stereocenters. The van der Waals surface area contributed by atoms with Crippen molar-refractivity contribution >= 4 is 44.5 Å². The largest absolute Gasteiger partial charge is 0.361 e. The summed E-state index contributed by atoms with van der Waals surface area (Å²) in [5.74, 6) is -0.155. The van der Waals surface area contributed by atoms with Gasteiger partial charge in [-0.15, -0.1) is 0 Å². The summed E-state index contributed by atoms with van der Waals surface area (Å²) in [5, 5.41) is 10.1. The van der Waals surface area contributed by atoms with Gasteiger partial charge in [0.25, 0.3) is 0 Å². The molecule has 1 aliphatic rings. The van der Waals surface area contributed by atoms with E-state index >= 15 is 0 Å². The third-order valence-corrected chi connectivity index (χ3v) is 6.43. The highest BCUT2D eigenvalue weighted by molar-refractivity contribution is 9.10. The first-order valence-electron chi connectivity index (χ1n) is 10.7. The maximum absolute atomic E-state index is 13.2. The summed E-state index contributed by atoms with van der Waals surface area (Å²) in [4.78, 5) is 29.1. The number of carbonyl (C=O) groups is 2. The average Bonchev–Trinajstić information content (AvgIpc) is 3.17. The van der Waals surface area contributed by atoms with E-state index in [0.717, 1.165) is 34.8 Å². The Kier molecular flexibility index (Phi) is 6.61. The van der Waals surface area contributed by atoms with Crippen molar-refractivity contribution in [3.8, 4) is 0 Å². The maximum Gasteiger partial charge on any atom is 0.315 e. The van der Waals surface area contributed by atoms with Crippen LogP contribution in [-0.4, -0.2) is 29.0 Å². The Morgan fingerprint density at radius 3 is 2.65 bits per heavy atom. The molecule has 31 heavy (non-hydrogen) atoms. The summed E-state index contributed by atoms with van der Waals surface area (Å²) in [7, 11) is 0. The zero-order chi connectivity index (χ0) is 21.7. The van der Waals surface area contributed by atoms with Crippen molar-refractivity contribution < 1.29 is 9.59 Å². The third kappa shape index (κ3) is 5.10. The number of H-pyrrole nitrogens is 1. The van der Waals surface area contributed by atoms with E-state index in [1.807, 2.05) is 48.7 Å². The Balaban J connectivity index is 1.37. The fourth-order valence-corrected chi connectivity index (χ4v) is 4.69. The number of carbonyl (C=O) groups excluding carboxylic acids is 2. The molecular formula is C24H27BrN4O2. The van der Waals surface area contributed by atoms with Crippen LogP contribution in [0.1, 0.15) is 37.7 Å². The van der Waals surface area contributed by atoms with Gasteiger partial charge in [0, 0.05) is 33.8 Å². The highest BCUT2D eigenvalue weighted by Crippen LogP contribution is 2.30. The number of nitrogens with one attached hydrogen (secondary N) is 4. The van der Waals surface area contributed by atoms with Gasteiger partial charge in [-0.3, -0.25) is 4.79 Å². The molecule has 1 fully saturated rings. The molecule has 4 N–H and O–H groups in total. The normalized spacial score (nSPS) is 15.4. The zero-order valence-corrected chi connectivity index (χ0v) is 18.9. The zero-order valence-electron chi connectivity index (χ0n) is 17.3. The summed E-state index contributed by atoms with van der Waals surface area (Å²) in [6.07, 6.45) is 6.90. The summed E-state index contributed by atoms with van der Waals surface area (Å²) >= 11 is 3.43. The fraction of sp³-hybridized carbons (Fsp3) is 0.333. The van der Waals surface area contributed by atoms with Gasteiger partial charge >= 0.3 is 6.03 Å². The predicted octanol–water partition coefficient (Wildman–Crippen LogP) is 5.11. The number of aromatic amines is 1. The van der Waals surface area contributed by atoms with Crippen molar-refractivity contribution in [2.75, 3.05) is 11.9 Å². The molecule has 0 radical (unpaired) electrons. The number of fused-ring (bicyclic) bond motifs is 1. The number of para-hydroxylation sites is 1. The Morgan fingerprint density at radius 1 is 1.03 bits per heavy atom. The standard InChI is InChI=1S/C24H27BrN4O2/c25-18-7-6-8-19(15-18)28-22(30)24(12-4-1-5-13-24)29-23(31)26-14-11-17-16-27-21-10-3-2-9-20(17)21/h2-3,6-10,15-16,27H,1,4-5,11-14H2,(H,28,30)(H2,26,29,31). The van der Waals surface area contributed by atoms with Crippen LogP contribution in [0.25, 0.3) is 10.9 Å². The van der Waals surface area contributed by atoms with E-state index in [-0.39, 0.29) is 11.9 Å². The molecule has 0 aliphatic heterocycles. The van der Waals surface area contributed by atoms with Crippen molar-refractivity contribution in [1.29, 1.82) is 0 Å². The summed E-state index contributed by atoms with van der Waals surface area (Å²) in [5.41, 5.74) is 2.08. The van der Waals surface area contributed by atoms with Crippen molar-refractivity contribution in [3.63, 3.8) is 0 Å². The average molecular weight is 483 g/mol. The molecule has 3 amide bonds. The van der Waals surface area contributed by atoms with Crippen LogP contribution in [-0.2, 0) is 11.2 Å². The summed E-state index contributed by atoms with van der Waals surface area (Å²) in [6.45, 7) is 0.497. The van der Waals surface area contributed by atoms with Crippen molar-refractivity contribution in [2.45, 2.75) is 44.1 Å². The highest BCUT2D eigenvalue weighted by atomic mass is 79.9. The summed E-state index contributed by atoms with van der Waals surface area (Å²) < 4.78 is 0.894. The lowest BCUT2D eigenvalue weighted by atomic mass is 9.81. The van der Waals surface area contributed by atoms with Crippen LogP contribution < -0.4 is 16.0 Å². The highest BCUT2D eigenvalue weighted by Gasteiger charge is 2.41. The molecular weight excluding hydrogens is 456 g/mol. The van der Waals surface area contributed by atoms with Crippen molar-refractivity contribution in [1.82, 2.24) is 15.6 Å². The van der Waals surface area contributed by atoms with E-state index in [9.17, 15) is 9.59 Å². The van der Waals surface area contributed by atoms with Gasteiger partial charge < -0.3 is 20.9 Å². The second kappa shape index (κ2) is 9.56. The van der Waals surface area contributed by atoms with Gasteiger partial charge in [0.05, 0.1) is 0 Å². The quantitative estimate of drug-likeness (QED) is 0.393. The second-order valence-electron chi connectivity index (χ2n) is 8.10. The number of anilines is 1. The van der Waals surface area contributed by atoms with Crippen LogP contribution in [0, 0.1) is 0 Å². The first-order valence-corrected chi connectivity index (χ1v) is 11.5. The number of aromatic nitrogens is 1. The molecule has 1 heterocycles. The Morgan fingerprint density at radius 2 is 1.84 bits per heavy atom. The number of amides is 3. The lowest BCUT2D eigenvalue weighted by molar-refractivity contribution is -0.123. The van der Waals surface area contributed by atoms with E-state index in [4.69, 9.17) is 0 Å². The minimum atomic E-state index is -0.883. The van der Waals surface area contributed by atoms with Crippen LogP contribution in [0.15, 0.2) is 59.2 Å². The van der Waals surface area contributed by atoms with Gasteiger partial charge in [0.15, 0.2) is 0 Å². The Bertz CT molecular complexity index is 1070. The number of urea groups is 1. The molecule has 7 heteroatoms. The molecule has 6 nitrogen and oxygen atoms in total. The predicted molar refractivity (Wildman–Crippen MR) is 127 cm³/mol. The van der Waals surface area contributed by atoms with E-state index in [1.54, 1.807) is 0 Å². The molecule has 2 aromatic carbocycles. The van der Waals surface area contributed by atoms with E-state index in [0.29, 0.717) is 31.5 Å². The first-order chi connectivity index (χ1) is 15.1. The smallest absolute Gasteiger partial charge is 0.315 e. The molecule has 1 aromatic heterocycles. The van der Waals surface area contributed by atoms with E-state index in [2.05, 4.69) is 42.9 Å². The molecule has 0 atom stereocenters. The molecule has 162 valence electrons. The SMILES string of the molecule is O=C(NCCc1c[nH]c2ccccc12)NC1(C(=O)Nc2cccc(Br)c2)CCCCC1. The topological polar surface area (TPSA) is 86.0 Å². The molecule has 1 saturated carbocycles. The molecule has 0 bridgehead atoms. The van der Waals surface area contributed by atoms with Crippen LogP contribution in [0.5, 0.6) is 0 Å². The van der Waals surface area contributed by atoms with Gasteiger partial charge in [0.2, 0.25) is 5.91 Å². The molecule has 1 aliphatic carbocycles. The second-order valence-corrected chi connectivity index (χ2v) is 9.01. The summed E-state index contributed by atoms with van der Waals surface area (Å²) in [6, 6.07) is 15.3. The molecule has 4 rings (SSSR count). The number of hydrogen-bond donors (Lipinski definition) is 4. The van der Waals surface area contributed by atoms with Crippen LogP contribution >= 0.6 is 15.9 Å². The molecule has 0 spiro atoms. The van der Waals surface area contributed by atoms with Gasteiger partial charge in [-0.05, 0) is 49.1 Å². The van der Waals surface area contributed by atoms with Crippen molar-refractivity contribution in [2.24, 2.45) is 0 Å². The van der Waals surface area contributed by atoms with E-state index < -0.39 is 5.54 Å². The third-order valence-electron chi connectivity index (χ3n) is 5.93. The van der Waals surface area contributed by atoms with Gasteiger partial charge in [-0.2, -0.15) is 0 Å². The number of rotatable bonds is 6. The van der Waals surface area contributed by atoms with Crippen LogP contribution in [0.4, 0.5) is 10.5 Å². The van der Waals surface area contributed by atoms with Crippen LogP contribution in [0.2, 0.25) is 0 Å². The number of hydrogen-bond acceptors (Lipinski definition) is 2. The van der Waals surface area contributed by atoms with Crippen LogP contribution in [0.3, 0.4) is 0 Å². The molecule has 0 saturated heterocycles. The van der Waals surface area contributed by atoms with Gasteiger partial charge in [-0.1, -0.05) is 59.5 Å². The lowest BCUT2D eigenvalue weighted by Gasteiger charge is -2.36. The minimum Gasteiger partial charge on any atom is -0.361 e. The lowest BCUT2D eigenvalue weighted by Crippen LogP contribution is -2.60. The number of halogens is 1. The minimum absolute atomic E-state index is 0.155. The monoisotopic (exact) mass is 482 g/mol.